The largest absolute Gasteiger partial charge is 0.481 e. The summed E-state index contributed by atoms with van der Waals surface area (Å²) in [5.41, 5.74) is -1.07. The van der Waals surface area contributed by atoms with Gasteiger partial charge in [-0.1, -0.05) is 6.07 Å². The zero-order chi connectivity index (χ0) is 13.8. The van der Waals surface area contributed by atoms with Gasteiger partial charge in [0.25, 0.3) is 0 Å². The molecule has 0 radical (unpaired) electrons. The minimum Gasteiger partial charge on any atom is -0.481 e. The summed E-state index contributed by atoms with van der Waals surface area (Å²) in [6.07, 6.45) is -4.87. The summed E-state index contributed by atoms with van der Waals surface area (Å²) in [7, 11) is 0. The molecule has 0 amide bonds. The van der Waals surface area contributed by atoms with Crippen molar-refractivity contribution in [1.29, 1.82) is 0 Å². The maximum Gasteiger partial charge on any atom is 0.419 e. The third kappa shape index (κ3) is 4.33. The lowest BCUT2D eigenvalue weighted by atomic mass is 10.1. The lowest BCUT2D eigenvalue weighted by Gasteiger charge is -2.10. The van der Waals surface area contributed by atoms with E-state index in [0.29, 0.717) is 6.07 Å². The van der Waals surface area contributed by atoms with Gasteiger partial charge in [-0.3, -0.25) is 4.79 Å². The second-order valence-electron chi connectivity index (χ2n) is 3.63. The number of benzene rings is 1. The summed E-state index contributed by atoms with van der Waals surface area (Å²) in [6.45, 7) is 0.185. The standard InChI is InChI=1S/C11H11F4NO2/c12-9-2-1-7(5-8(9)11(13,14)15)6-16-4-3-10(17)18/h1-2,5,16H,3-4,6H2,(H,17,18). The van der Waals surface area contributed by atoms with Gasteiger partial charge in [0.05, 0.1) is 12.0 Å². The number of carboxylic acids is 1. The van der Waals surface area contributed by atoms with E-state index < -0.39 is 23.5 Å². The topological polar surface area (TPSA) is 49.3 Å². The van der Waals surface area contributed by atoms with Crippen LogP contribution in [0.15, 0.2) is 18.2 Å². The van der Waals surface area contributed by atoms with Gasteiger partial charge < -0.3 is 10.4 Å². The van der Waals surface area contributed by atoms with Crippen LogP contribution in [0.3, 0.4) is 0 Å². The summed E-state index contributed by atoms with van der Waals surface area (Å²) in [5.74, 6) is -2.32. The monoisotopic (exact) mass is 265 g/mol. The molecule has 0 fully saturated rings. The van der Waals surface area contributed by atoms with Crippen molar-refractivity contribution in [2.24, 2.45) is 0 Å². The van der Waals surface area contributed by atoms with Gasteiger partial charge in [-0.25, -0.2) is 4.39 Å². The SMILES string of the molecule is O=C(O)CCNCc1ccc(F)c(C(F)(F)F)c1. The van der Waals surface area contributed by atoms with Crippen LogP contribution in [-0.2, 0) is 17.5 Å². The third-order valence-corrected chi connectivity index (χ3v) is 2.18. The first-order valence-electron chi connectivity index (χ1n) is 5.09. The zero-order valence-electron chi connectivity index (χ0n) is 9.22. The van der Waals surface area contributed by atoms with Crippen molar-refractivity contribution < 1.29 is 27.5 Å². The van der Waals surface area contributed by atoms with Gasteiger partial charge in [-0.05, 0) is 17.7 Å². The van der Waals surface area contributed by atoms with Gasteiger partial charge in [-0.15, -0.1) is 0 Å². The Morgan fingerprint density at radius 2 is 2.00 bits per heavy atom. The minimum absolute atomic E-state index is 0.0522. The van der Waals surface area contributed by atoms with Crippen LogP contribution in [0.4, 0.5) is 17.6 Å². The highest BCUT2D eigenvalue weighted by Crippen LogP contribution is 2.31. The van der Waals surface area contributed by atoms with Crippen molar-refractivity contribution in [2.75, 3.05) is 6.54 Å². The van der Waals surface area contributed by atoms with Crippen LogP contribution in [0.25, 0.3) is 0 Å². The van der Waals surface area contributed by atoms with Gasteiger partial charge in [0.2, 0.25) is 0 Å². The first kappa shape index (κ1) is 14.4. The Kier molecular flexibility index (Phi) is 4.66. The van der Waals surface area contributed by atoms with Crippen molar-refractivity contribution in [3.05, 3.63) is 35.1 Å². The molecule has 0 aliphatic rings. The number of rotatable bonds is 5. The van der Waals surface area contributed by atoms with Crippen molar-refractivity contribution >= 4 is 5.97 Å². The summed E-state index contributed by atoms with van der Waals surface area (Å²) in [6, 6.07) is 2.68. The summed E-state index contributed by atoms with van der Waals surface area (Å²) in [4.78, 5) is 10.2. The van der Waals surface area contributed by atoms with E-state index in [0.717, 1.165) is 6.07 Å². The Hall–Kier alpha value is -1.63. The second kappa shape index (κ2) is 5.81. The van der Waals surface area contributed by atoms with Crippen LogP contribution in [0.1, 0.15) is 17.5 Å². The number of alkyl halides is 3. The number of hydrogen-bond acceptors (Lipinski definition) is 2. The minimum atomic E-state index is -4.73. The molecule has 18 heavy (non-hydrogen) atoms. The van der Waals surface area contributed by atoms with Gasteiger partial charge in [0, 0.05) is 13.1 Å². The molecule has 0 saturated carbocycles. The highest BCUT2D eigenvalue weighted by molar-refractivity contribution is 5.66. The number of carbonyl (C=O) groups is 1. The third-order valence-electron chi connectivity index (χ3n) is 2.18. The summed E-state index contributed by atoms with van der Waals surface area (Å²) < 4.78 is 50.1. The number of halogens is 4. The zero-order valence-corrected chi connectivity index (χ0v) is 9.22. The highest BCUT2D eigenvalue weighted by atomic mass is 19.4. The molecule has 7 heteroatoms. The molecule has 0 aliphatic carbocycles. The van der Waals surface area contributed by atoms with E-state index in [2.05, 4.69) is 5.32 Å². The van der Waals surface area contributed by atoms with Gasteiger partial charge in [0.1, 0.15) is 5.82 Å². The fourth-order valence-electron chi connectivity index (χ4n) is 1.33. The average molecular weight is 265 g/mol. The Morgan fingerprint density at radius 1 is 1.33 bits per heavy atom. The van der Waals surface area contributed by atoms with Crippen LogP contribution in [0.2, 0.25) is 0 Å². The first-order chi connectivity index (χ1) is 8.30. The average Bonchev–Trinajstić information content (AvgIpc) is 2.24. The molecule has 3 nitrogen and oxygen atoms in total. The molecule has 0 spiro atoms. The van der Waals surface area contributed by atoms with E-state index in [-0.39, 0.29) is 25.1 Å². The molecular formula is C11H11F4NO2. The van der Waals surface area contributed by atoms with E-state index in [1.807, 2.05) is 0 Å². The number of carboxylic acid groups (broad SMARTS) is 1. The Balaban J connectivity index is 2.65. The van der Waals surface area contributed by atoms with Crippen molar-refractivity contribution in [2.45, 2.75) is 19.1 Å². The predicted molar refractivity (Wildman–Crippen MR) is 55.4 cm³/mol. The fourth-order valence-corrected chi connectivity index (χ4v) is 1.33. The lowest BCUT2D eigenvalue weighted by molar-refractivity contribution is -0.140. The molecule has 0 aliphatic heterocycles. The van der Waals surface area contributed by atoms with Gasteiger partial charge >= 0.3 is 12.1 Å². The van der Waals surface area contributed by atoms with Crippen molar-refractivity contribution in [3.63, 3.8) is 0 Å². The van der Waals surface area contributed by atoms with E-state index >= 15 is 0 Å². The maximum atomic E-state index is 12.9. The molecule has 100 valence electrons. The van der Waals surface area contributed by atoms with Crippen LogP contribution in [0, 0.1) is 5.82 Å². The normalized spacial score (nSPS) is 11.6. The van der Waals surface area contributed by atoms with Crippen LogP contribution in [0.5, 0.6) is 0 Å². The fraction of sp³-hybridized carbons (Fsp3) is 0.364. The van der Waals surface area contributed by atoms with Crippen LogP contribution >= 0.6 is 0 Å². The molecule has 0 bridgehead atoms. The summed E-state index contributed by atoms with van der Waals surface area (Å²) in [5, 5.41) is 11.0. The smallest absolute Gasteiger partial charge is 0.419 e. The molecule has 1 aromatic rings. The van der Waals surface area contributed by atoms with E-state index in [1.54, 1.807) is 0 Å². The van der Waals surface area contributed by atoms with Crippen LogP contribution < -0.4 is 5.32 Å². The quantitative estimate of drug-likeness (QED) is 0.635. The number of nitrogens with one attached hydrogen (secondary N) is 1. The molecule has 0 saturated heterocycles. The molecule has 0 atom stereocenters. The summed E-state index contributed by atoms with van der Waals surface area (Å²) >= 11 is 0. The maximum absolute atomic E-state index is 12.9. The van der Waals surface area contributed by atoms with E-state index in [1.165, 1.54) is 6.07 Å². The number of hydrogen-bond donors (Lipinski definition) is 2. The molecule has 0 unspecified atom stereocenters. The van der Waals surface area contributed by atoms with Crippen molar-refractivity contribution in [1.82, 2.24) is 5.32 Å². The van der Waals surface area contributed by atoms with E-state index in [9.17, 15) is 22.4 Å². The Morgan fingerprint density at radius 3 is 2.56 bits per heavy atom. The molecular weight excluding hydrogens is 254 g/mol. The second-order valence-corrected chi connectivity index (χ2v) is 3.63. The molecule has 0 aromatic heterocycles. The molecule has 2 N–H and O–H groups in total. The predicted octanol–water partition coefficient (Wildman–Crippen LogP) is 2.41. The van der Waals surface area contributed by atoms with Crippen molar-refractivity contribution in [3.8, 4) is 0 Å². The Bertz CT molecular complexity index is 432. The molecule has 1 aromatic carbocycles. The first-order valence-corrected chi connectivity index (χ1v) is 5.09. The number of aliphatic carboxylic acids is 1. The van der Waals surface area contributed by atoms with E-state index in [4.69, 9.17) is 5.11 Å². The molecule has 0 heterocycles. The Labute approximate surface area is 100 Å². The van der Waals surface area contributed by atoms with Gasteiger partial charge in [-0.2, -0.15) is 13.2 Å². The van der Waals surface area contributed by atoms with Gasteiger partial charge in [0.15, 0.2) is 0 Å². The highest BCUT2D eigenvalue weighted by Gasteiger charge is 2.34. The molecule has 1 rings (SSSR count). The lowest BCUT2D eigenvalue weighted by Crippen LogP contribution is -2.18. The van der Waals surface area contributed by atoms with Crippen LogP contribution in [-0.4, -0.2) is 17.6 Å².